The lowest BCUT2D eigenvalue weighted by Gasteiger charge is -2.65. The summed E-state index contributed by atoms with van der Waals surface area (Å²) in [7, 11) is 0. The minimum Gasteiger partial charge on any atom is -0.298 e. The summed E-state index contributed by atoms with van der Waals surface area (Å²) < 4.78 is 2.18. The number of aromatic nitrogens is 3. The molecule has 5 rings (SSSR count). The van der Waals surface area contributed by atoms with Crippen molar-refractivity contribution in [3.63, 3.8) is 0 Å². The maximum atomic E-state index is 6.26. The van der Waals surface area contributed by atoms with Crippen LogP contribution in [0.15, 0.2) is 6.33 Å². The first-order valence-electron chi connectivity index (χ1n) is 6.98. The van der Waals surface area contributed by atoms with Gasteiger partial charge in [-0.3, -0.25) is 4.57 Å². The predicted molar refractivity (Wildman–Crippen MR) is 70.4 cm³/mol. The second kappa shape index (κ2) is 3.12. The van der Waals surface area contributed by atoms with Gasteiger partial charge in [-0.05, 0) is 66.9 Å². The Morgan fingerprint density at radius 2 is 1.83 bits per heavy atom. The average Bonchev–Trinajstić information content (AvgIpc) is 2.58. The van der Waals surface area contributed by atoms with Crippen molar-refractivity contribution >= 4 is 11.6 Å². The Morgan fingerprint density at radius 1 is 1.17 bits per heavy atom. The standard InChI is InChI=1S/C14H20ClN3/c1-12-3-10-4-13(2,6-12)8-14(5-10,7-12)18-9-16-17-11(18)15/h9-10H,3-8H2,1-2H3. The van der Waals surface area contributed by atoms with E-state index in [1.54, 1.807) is 0 Å². The Kier molecular flexibility index (Phi) is 1.95. The van der Waals surface area contributed by atoms with Crippen LogP contribution in [0.5, 0.6) is 0 Å². The molecule has 4 heteroatoms. The summed E-state index contributed by atoms with van der Waals surface area (Å²) >= 11 is 6.26. The highest BCUT2D eigenvalue weighted by molar-refractivity contribution is 6.28. The molecule has 98 valence electrons. The molecule has 3 nitrogen and oxygen atoms in total. The van der Waals surface area contributed by atoms with E-state index in [0.717, 1.165) is 5.92 Å². The molecule has 4 saturated carbocycles. The van der Waals surface area contributed by atoms with Crippen LogP contribution in [-0.4, -0.2) is 14.8 Å². The molecule has 1 aromatic heterocycles. The predicted octanol–water partition coefficient (Wildman–Crippen LogP) is 3.64. The van der Waals surface area contributed by atoms with Crippen LogP contribution in [0.4, 0.5) is 0 Å². The summed E-state index contributed by atoms with van der Waals surface area (Å²) in [4.78, 5) is 0. The maximum absolute atomic E-state index is 6.26. The third-order valence-corrected chi connectivity index (χ3v) is 5.87. The van der Waals surface area contributed by atoms with Gasteiger partial charge in [0, 0.05) is 5.54 Å². The number of rotatable bonds is 1. The monoisotopic (exact) mass is 265 g/mol. The van der Waals surface area contributed by atoms with Crippen LogP contribution >= 0.6 is 11.6 Å². The van der Waals surface area contributed by atoms with Crippen LogP contribution in [0.2, 0.25) is 5.28 Å². The lowest BCUT2D eigenvalue weighted by Crippen LogP contribution is -2.59. The number of nitrogens with zero attached hydrogens (tertiary/aromatic N) is 3. The van der Waals surface area contributed by atoms with E-state index >= 15 is 0 Å². The minimum absolute atomic E-state index is 0.198. The highest BCUT2D eigenvalue weighted by atomic mass is 35.5. The van der Waals surface area contributed by atoms with Crippen LogP contribution in [0.1, 0.15) is 52.4 Å². The topological polar surface area (TPSA) is 30.7 Å². The van der Waals surface area contributed by atoms with E-state index in [-0.39, 0.29) is 5.54 Å². The molecule has 0 amide bonds. The van der Waals surface area contributed by atoms with Crippen LogP contribution < -0.4 is 0 Å². The van der Waals surface area contributed by atoms with Gasteiger partial charge in [-0.2, -0.15) is 0 Å². The number of halogens is 1. The fraction of sp³-hybridized carbons (Fsp3) is 0.857. The van der Waals surface area contributed by atoms with Crippen molar-refractivity contribution < 1.29 is 0 Å². The molecule has 2 atom stereocenters. The van der Waals surface area contributed by atoms with Gasteiger partial charge in [0.25, 0.3) is 0 Å². The summed E-state index contributed by atoms with van der Waals surface area (Å²) in [6.45, 7) is 4.95. The summed E-state index contributed by atoms with van der Waals surface area (Å²) in [6.07, 6.45) is 9.83. The summed E-state index contributed by atoms with van der Waals surface area (Å²) in [5.41, 5.74) is 1.20. The zero-order valence-corrected chi connectivity index (χ0v) is 11.9. The quantitative estimate of drug-likeness (QED) is 0.776. The molecule has 4 bridgehead atoms. The zero-order valence-electron chi connectivity index (χ0n) is 11.1. The lowest BCUT2D eigenvalue weighted by molar-refractivity contribution is -0.136. The third kappa shape index (κ3) is 1.37. The van der Waals surface area contributed by atoms with E-state index in [4.69, 9.17) is 11.6 Å². The van der Waals surface area contributed by atoms with Gasteiger partial charge in [0.2, 0.25) is 5.28 Å². The Labute approximate surface area is 113 Å². The van der Waals surface area contributed by atoms with Gasteiger partial charge in [0.1, 0.15) is 6.33 Å². The van der Waals surface area contributed by atoms with Crippen molar-refractivity contribution in [2.45, 2.75) is 57.9 Å². The molecule has 0 spiro atoms. The Hall–Kier alpha value is -0.570. The van der Waals surface area contributed by atoms with Crippen molar-refractivity contribution in [3.8, 4) is 0 Å². The first kappa shape index (κ1) is 11.3. The maximum Gasteiger partial charge on any atom is 0.225 e. The lowest BCUT2D eigenvalue weighted by atomic mass is 9.42. The highest BCUT2D eigenvalue weighted by Gasteiger charge is 2.61. The highest BCUT2D eigenvalue weighted by Crippen LogP contribution is 2.68. The second-order valence-electron chi connectivity index (χ2n) is 7.82. The van der Waals surface area contributed by atoms with Gasteiger partial charge in [-0.25, -0.2) is 0 Å². The van der Waals surface area contributed by atoms with Crippen molar-refractivity contribution in [2.75, 3.05) is 0 Å². The van der Waals surface area contributed by atoms with E-state index in [1.807, 2.05) is 6.33 Å². The molecule has 4 aliphatic rings. The molecule has 0 aliphatic heterocycles. The zero-order chi connectivity index (χ0) is 12.6. The molecule has 4 fully saturated rings. The molecule has 1 heterocycles. The molecule has 0 saturated heterocycles. The van der Waals surface area contributed by atoms with Gasteiger partial charge in [-0.1, -0.05) is 13.8 Å². The summed E-state index contributed by atoms with van der Waals surface area (Å²) in [5, 5.41) is 8.58. The number of hydrogen-bond acceptors (Lipinski definition) is 2. The van der Waals surface area contributed by atoms with Gasteiger partial charge in [0.15, 0.2) is 0 Å². The molecule has 0 aromatic carbocycles. The normalized spacial score (nSPS) is 49.8. The van der Waals surface area contributed by atoms with E-state index in [0.29, 0.717) is 16.1 Å². The van der Waals surface area contributed by atoms with Crippen LogP contribution in [0.3, 0.4) is 0 Å². The van der Waals surface area contributed by atoms with Crippen molar-refractivity contribution in [2.24, 2.45) is 16.7 Å². The Bertz CT molecular complexity index is 491. The molecule has 1 aromatic rings. The minimum atomic E-state index is 0.198. The van der Waals surface area contributed by atoms with Crippen LogP contribution in [0.25, 0.3) is 0 Å². The summed E-state index contributed by atoms with van der Waals surface area (Å²) in [6, 6.07) is 0. The first-order valence-corrected chi connectivity index (χ1v) is 7.36. The smallest absolute Gasteiger partial charge is 0.225 e. The molecule has 2 unspecified atom stereocenters. The molecule has 4 aliphatic carbocycles. The molecular weight excluding hydrogens is 246 g/mol. The summed E-state index contributed by atoms with van der Waals surface area (Å²) in [5.74, 6) is 0.870. The van der Waals surface area contributed by atoms with E-state index in [2.05, 4.69) is 28.6 Å². The Morgan fingerprint density at radius 3 is 2.33 bits per heavy atom. The van der Waals surface area contributed by atoms with Crippen molar-refractivity contribution in [1.82, 2.24) is 14.8 Å². The van der Waals surface area contributed by atoms with E-state index in [9.17, 15) is 0 Å². The number of hydrogen-bond donors (Lipinski definition) is 0. The second-order valence-corrected chi connectivity index (χ2v) is 8.16. The fourth-order valence-corrected chi connectivity index (χ4v) is 6.46. The molecule has 18 heavy (non-hydrogen) atoms. The molecular formula is C14H20ClN3. The van der Waals surface area contributed by atoms with E-state index < -0.39 is 0 Å². The van der Waals surface area contributed by atoms with Crippen LogP contribution in [-0.2, 0) is 5.54 Å². The largest absolute Gasteiger partial charge is 0.298 e. The van der Waals surface area contributed by atoms with Gasteiger partial charge < -0.3 is 0 Å². The van der Waals surface area contributed by atoms with Crippen molar-refractivity contribution in [1.29, 1.82) is 0 Å². The van der Waals surface area contributed by atoms with E-state index in [1.165, 1.54) is 38.5 Å². The first-order chi connectivity index (χ1) is 8.42. The van der Waals surface area contributed by atoms with Gasteiger partial charge in [-0.15, -0.1) is 10.2 Å². The Balaban J connectivity index is 1.85. The van der Waals surface area contributed by atoms with Gasteiger partial charge >= 0.3 is 0 Å². The van der Waals surface area contributed by atoms with Crippen LogP contribution in [0, 0.1) is 16.7 Å². The SMILES string of the molecule is CC12CC3CC(C)(C1)CC(n1cnnc1Cl)(C3)C2. The van der Waals surface area contributed by atoms with Crippen molar-refractivity contribution in [3.05, 3.63) is 11.6 Å². The third-order valence-electron chi connectivity index (χ3n) is 5.61. The van der Waals surface area contributed by atoms with Gasteiger partial charge in [0.05, 0.1) is 0 Å². The molecule has 0 radical (unpaired) electrons. The fourth-order valence-electron chi connectivity index (χ4n) is 6.20. The average molecular weight is 266 g/mol. The molecule has 0 N–H and O–H groups in total.